The van der Waals surface area contributed by atoms with Gasteiger partial charge in [0.1, 0.15) is 11.6 Å². The number of hydrogen-bond acceptors (Lipinski definition) is 4. The molecule has 2 aromatic rings. The Morgan fingerprint density at radius 3 is 2.71 bits per heavy atom. The fourth-order valence-corrected chi connectivity index (χ4v) is 2.08. The van der Waals surface area contributed by atoms with Crippen LogP contribution in [0.5, 0.6) is 11.5 Å². The topological polar surface area (TPSA) is 82.3 Å². The minimum absolute atomic E-state index is 0.0148. The summed E-state index contributed by atoms with van der Waals surface area (Å²) in [7, 11) is 0. The number of nitrogens with one attached hydrogen (secondary N) is 1. The van der Waals surface area contributed by atoms with Gasteiger partial charge in [0, 0.05) is 6.54 Å². The highest BCUT2D eigenvalue weighted by Crippen LogP contribution is 2.27. The van der Waals surface area contributed by atoms with Crippen LogP contribution in [-0.4, -0.2) is 17.6 Å². The second-order valence-corrected chi connectivity index (χ2v) is 5.00. The lowest BCUT2D eigenvalue weighted by Crippen LogP contribution is -2.23. The van der Waals surface area contributed by atoms with Crippen molar-refractivity contribution in [3.63, 3.8) is 0 Å². The number of carbonyl (C=O) groups excluding carboxylic acids is 1. The van der Waals surface area contributed by atoms with Gasteiger partial charge in [0.2, 0.25) is 0 Å². The van der Waals surface area contributed by atoms with E-state index in [0.29, 0.717) is 24.5 Å². The number of phenolic OH excluding ortho intramolecular Hbond substituents is 1. The Labute approximate surface area is 140 Å². The Morgan fingerprint density at radius 1 is 1.29 bits per heavy atom. The highest BCUT2D eigenvalue weighted by Gasteiger charge is 2.10. The van der Waals surface area contributed by atoms with Crippen LogP contribution in [0.25, 0.3) is 6.08 Å². The zero-order valence-electron chi connectivity index (χ0n) is 13.3. The normalized spacial score (nSPS) is 10.8. The van der Waals surface area contributed by atoms with Crippen LogP contribution in [0.3, 0.4) is 0 Å². The third kappa shape index (κ3) is 4.62. The summed E-state index contributed by atoms with van der Waals surface area (Å²) in [6.07, 6.45) is 1.46. The molecule has 0 bridgehead atoms. The largest absolute Gasteiger partial charge is 0.504 e. The smallest absolute Gasteiger partial charge is 0.262 e. The number of phenols is 1. The fraction of sp³-hybridized carbons (Fsp3) is 0.158. The summed E-state index contributed by atoms with van der Waals surface area (Å²) in [6.45, 7) is 2.56. The maximum Gasteiger partial charge on any atom is 0.262 e. The van der Waals surface area contributed by atoms with E-state index in [2.05, 4.69) is 5.32 Å². The molecule has 0 heterocycles. The van der Waals surface area contributed by atoms with E-state index in [1.54, 1.807) is 19.1 Å². The molecular weight excluding hydrogens is 304 g/mol. The van der Waals surface area contributed by atoms with Crippen molar-refractivity contribution in [2.75, 3.05) is 6.61 Å². The van der Waals surface area contributed by atoms with Crippen molar-refractivity contribution in [3.05, 3.63) is 65.2 Å². The van der Waals surface area contributed by atoms with E-state index >= 15 is 0 Å². The van der Waals surface area contributed by atoms with Crippen molar-refractivity contribution in [2.24, 2.45) is 0 Å². The Morgan fingerprint density at radius 2 is 2.04 bits per heavy atom. The third-order valence-corrected chi connectivity index (χ3v) is 3.26. The molecule has 5 heteroatoms. The molecule has 2 aromatic carbocycles. The molecular formula is C19H18N2O3. The quantitative estimate of drug-likeness (QED) is 0.632. The number of amides is 1. The third-order valence-electron chi connectivity index (χ3n) is 3.26. The van der Waals surface area contributed by atoms with Gasteiger partial charge in [-0.05, 0) is 36.3 Å². The molecule has 0 fully saturated rings. The van der Waals surface area contributed by atoms with Crippen LogP contribution in [-0.2, 0) is 11.3 Å². The van der Waals surface area contributed by atoms with Crippen molar-refractivity contribution < 1.29 is 14.6 Å². The van der Waals surface area contributed by atoms with Crippen molar-refractivity contribution in [3.8, 4) is 17.6 Å². The number of rotatable bonds is 6. The summed E-state index contributed by atoms with van der Waals surface area (Å²) in [6, 6.07) is 16.0. The van der Waals surface area contributed by atoms with Gasteiger partial charge in [0.25, 0.3) is 5.91 Å². The molecule has 2 rings (SSSR count). The predicted octanol–water partition coefficient (Wildman–Crippen LogP) is 3.01. The number of benzene rings is 2. The molecule has 1 amide bonds. The van der Waals surface area contributed by atoms with E-state index in [-0.39, 0.29) is 11.3 Å². The molecule has 0 unspecified atom stereocenters. The minimum atomic E-state index is -0.451. The fourth-order valence-electron chi connectivity index (χ4n) is 2.08. The molecule has 122 valence electrons. The lowest BCUT2D eigenvalue weighted by Gasteiger charge is -2.07. The molecule has 0 saturated heterocycles. The van der Waals surface area contributed by atoms with Crippen LogP contribution in [0.2, 0.25) is 0 Å². The minimum Gasteiger partial charge on any atom is -0.504 e. The number of nitrogens with zero attached hydrogens (tertiary/aromatic N) is 1. The van der Waals surface area contributed by atoms with Gasteiger partial charge in [-0.2, -0.15) is 5.26 Å². The van der Waals surface area contributed by atoms with Gasteiger partial charge in [-0.3, -0.25) is 4.79 Å². The zero-order valence-corrected chi connectivity index (χ0v) is 13.3. The average molecular weight is 322 g/mol. The molecule has 0 atom stereocenters. The maximum atomic E-state index is 12.1. The molecule has 24 heavy (non-hydrogen) atoms. The first-order valence-electron chi connectivity index (χ1n) is 7.53. The molecule has 5 nitrogen and oxygen atoms in total. The molecule has 0 radical (unpaired) electrons. The van der Waals surface area contributed by atoms with Gasteiger partial charge in [-0.25, -0.2) is 0 Å². The molecule has 0 aliphatic rings. The van der Waals surface area contributed by atoms with Gasteiger partial charge in [-0.1, -0.05) is 36.4 Å². The standard InChI is InChI=1S/C19H18N2O3/c1-2-24-18-11-15(8-9-17(18)22)10-16(12-20)19(23)21-13-14-6-4-3-5-7-14/h3-11,22H,2,13H2,1H3,(H,21,23). The summed E-state index contributed by atoms with van der Waals surface area (Å²) in [5.41, 5.74) is 1.54. The van der Waals surface area contributed by atoms with Crippen molar-refractivity contribution in [1.29, 1.82) is 5.26 Å². The lowest BCUT2D eigenvalue weighted by atomic mass is 10.1. The summed E-state index contributed by atoms with van der Waals surface area (Å²) in [5.74, 6) is -0.123. The van der Waals surface area contributed by atoms with Crippen LogP contribution in [0.4, 0.5) is 0 Å². The second-order valence-electron chi connectivity index (χ2n) is 5.00. The first-order chi connectivity index (χ1) is 11.6. The van der Waals surface area contributed by atoms with E-state index < -0.39 is 5.91 Å². The van der Waals surface area contributed by atoms with Gasteiger partial charge in [0.05, 0.1) is 6.61 Å². The van der Waals surface area contributed by atoms with E-state index in [0.717, 1.165) is 5.56 Å². The first kappa shape index (κ1) is 17.1. The van der Waals surface area contributed by atoms with Crippen molar-refractivity contribution in [1.82, 2.24) is 5.32 Å². The highest BCUT2D eigenvalue weighted by molar-refractivity contribution is 6.01. The second kappa shape index (κ2) is 8.39. The molecule has 2 N–H and O–H groups in total. The monoisotopic (exact) mass is 322 g/mol. The summed E-state index contributed by atoms with van der Waals surface area (Å²) in [4.78, 5) is 12.1. The van der Waals surface area contributed by atoms with Crippen LogP contribution < -0.4 is 10.1 Å². The summed E-state index contributed by atoms with van der Waals surface area (Å²) in [5, 5.41) is 21.6. The Kier molecular flexibility index (Phi) is 5.98. The Balaban J connectivity index is 2.12. The Bertz CT molecular complexity index is 777. The zero-order chi connectivity index (χ0) is 17.4. The molecule has 0 saturated carbocycles. The molecule has 0 aliphatic carbocycles. The van der Waals surface area contributed by atoms with Crippen LogP contribution in [0, 0.1) is 11.3 Å². The first-order valence-corrected chi connectivity index (χ1v) is 7.53. The number of aromatic hydroxyl groups is 1. The summed E-state index contributed by atoms with van der Waals surface area (Å²) >= 11 is 0. The van der Waals surface area contributed by atoms with Gasteiger partial charge >= 0.3 is 0 Å². The number of ether oxygens (including phenoxy) is 1. The number of hydrogen-bond donors (Lipinski definition) is 2. The van der Waals surface area contributed by atoms with E-state index in [1.165, 1.54) is 12.1 Å². The molecule has 0 aromatic heterocycles. The predicted molar refractivity (Wildman–Crippen MR) is 91.2 cm³/mol. The summed E-state index contributed by atoms with van der Waals surface area (Å²) < 4.78 is 5.30. The Hall–Kier alpha value is -3.26. The average Bonchev–Trinajstić information content (AvgIpc) is 2.61. The molecule has 0 aliphatic heterocycles. The molecule has 0 spiro atoms. The highest BCUT2D eigenvalue weighted by atomic mass is 16.5. The van der Waals surface area contributed by atoms with E-state index in [9.17, 15) is 15.2 Å². The van der Waals surface area contributed by atoms with Crippen molar-refractivity contribution >= 4 is 12.0 Å². The lowest BCUT2D eigenvalue weighted by molar-refractivity contribution is -0.117. The SMILES string of the molecule is CCOc1cc(C=C(C#N)C(=O)NCc2ccccc2)ccc1O. The number of carbonyl (C=O) groups is 1. The van der Waals surface area contributed by atoms with Gasteiger partial charge in [-0.15, -0.1) is 0 Å². The van der Waals surface area contributed by atoms with E-state index in [1.807, 2.05) is 36.4 Å². The van der Waals surface area contributed by atoms with Crippen LogP contribution in [0.1, 0.15) is 18.1 Å². The maximum absolute atomic E-state index is 12.1. The van der Waals surface area contributed by atoms with E-state index in [4.69, 9.17) is 4.74 Å². The van der Waals surface area contributed by atoms with Gasteiger partial charge < -0.3 is 15.2 Å². The van der Waals surface area contributed by atoms with Crippen LogP contribution in [0.15, 0.2) is 54.1 Å². The van der Waals surface area contributed by atoms with Gasteiger partial charge in [0.15, 0.2) is 11.5 Å². The van der Waals surface area contributed by atoms with Crippen LogP contribution >= 0.6 is 0 Å². The van der Waals surface area contributed by atoms with Crippen molar-refractivity contribution in [2.45, 2.75) is 13.5 Å². The number of nitriles is 1.